The van der Waals surface area contributed by atoms with Crippen molar-refractivity contribution in [3.05, 3.63) is 17.9 Å². The number of nitrogens with zero attached hydrogens (tertiary/aromatic N) is 1. The van der Waals surface area contributed by atoms with Crippen LogP contribution in [0.3, 0.4) is 0 Å². The number of piperidine rings is 1. The Hall–Kier alpha value is -1.49. The van der Waals surface area contributed by atoms with E-state index in [4.69, 9.17) is 9.15 Å². The number of likely N-dealkylation sites (tertiary alicyclic amines) is 1. The van der Waals surface area contributed by atoms with Gasteiger partial charge >= 0.3 is 0 Å². The summed E-state index contributed by atoms with van der Waals surface area (Å²) in [5.41, 5.74) is 0. The number of ether oxygens (including phenoxy) is 1. The summed E-state index contributed by atoms with van der Waals surface area (Å²) >= 11 is 0. The second-order valence-electron chi connectivity index (χ2n) is 5.16. The number of rotatable bonds is 6. The zero-order valence-electron chi connectivity index (χ0n) is 12.4. The highest BCUT2D eigenvalue weighted by atomic mass is 16.6. The van der Waals surface area contributed by atoms with Gasteiger partial charge in [0.25, 0.3) is 11.9 Å². The lowest BCUT2D eigenvalue weighted by Gasteiger charge is -2.31. The average Bonchev–Trinajstić information content (AvgIpc) is 2.94. The minimum absolute atomic E-state index is 0.162. The van der Waals surface area contributed by atoms with Crippen molar-refractivity contribution in [2.45, 2.75) is 26.7 Å². The third-order valence-electron chi connectivity index (χ3n) is 3.69. The maximum Gasteiger partial charge on any atom is 0.287 e. The van der Waals surface area contributed by atoms with Crippen LogP contribution in [0, 0.1) is 5.92 Å². The monoisotopic (exact) mass is 280 g/mol. The molecule has 5 nitrogen and oxygen atoms in total. The van der Waals surface area contributed by atoms with Gasteiger partial charge in [0.1, 0.15) is 0 Å². The topological polar surface area (TPSA) is 54.7 Å². The van der Waals surface area contributed by atoms with Gasteiger partial charge in [0.2, 0.25) is 0 Å². The standard InChI is InChI=1S/C15H24N2O3/c1-3-17-9-5-6-12(11-17)10-16-15(18)13-7-8-14(20-13)19-4-2/h7-8,12H,3-6,9-11H2,1-2H3,(H,16,18). The van der Waals surface area contributed by atoms with E-state index in [1.807, 2.05) is 6.92 Å². The molecule has 2 heterocycles. The van der Waals surface area contributed by atoms with Gasteiger partial charge in [-0.3, -0.25) is 4.79 Å². The minimum atomic E-state index is -0.162. The summed E-state index contributed by atoms with van der Waals surface area (Å²) in [6.07, 6.45) is 2.39. The van der Waals surface area contributed by atoms with E-state index in [0.717, 1.165) is 13.1 Å². The largest absolute Gasteiger partial charge is 0.465 e. The molecule has 1 amide bonds. The van der Waals surface area contributed by atoms with Crippen LogP contribution < -0.4 is 10.1 Å². The van der Waals surface area contributed by atoms with Crippen LogP contribution in [0.2, 0.25) is 0 Å². The molecule has 1 fully saturated rings. The van der Waals surface area contributed by atoms with E-state index in [9.17, 15) is 4.79 Å². The average molecular weight is 280 g/mol. The Labute approximate surface area is 120 Å². The molecule has 20 heavy (non-hydrogen) atoms. The predicted molar refractivity (Wildman–Crippen MR) is 77.0 cm³/mol. The molecule has 0 radical (unpaired) electrons. The molecule has 0 bridgehead atoms. The highest BCUT2D eigenvalue weighted by Crippen LogP contribution is 2.17. The third kappa shape index (κ3) is 4.00. The predicted octanol–water partition coefficient (Wildman–Crippen LogP) is 2.14. The number of amides is 1. The van der Waals surface area contributed by atoms with Gasteiger partial charge < -0.3 is 19.4 Å². The van der Waals surface area contributed by atoms with Crippen molar-refractivity contribution in [2.75, 3.05) is 32.8 Å². The molecule has 1 atom stereocenters. The summed E-state index contributed by atoms with van der Waals surface area (Å²) in [6.45, 7) is 8.63. The molecule has 1 N–H and O–H groups in total. The molecule has 1 unspecified atom stereocenters. The summed E-state index contributed by atoms with van der Waals surface area (Å²) in [4.78, 5) is 14.4. The van der Waals surface area contributed by atoms with Crippen molar-refractivity contribution in [3.63, 3.8) is 0 Å². The summed E-state index contributed by atoms with van der Waals surface area (Å²) in [7, 11) is 0. The Bertz CT molecular complexity index is 431. The van der Waals surface area contributed by atoms with Crippen LogP contribution >= 0.6 is 0 Å². The first-order valence-corrected chi connectivity index (χ1v) is 7.46. The summed E-state index contributed by atoms with van der Waals surface area (Å²) < 4.78 is 10.5. The quantitative estimate of drug-likeness (QED) is 0.867. The number of carbonyl (C=O) groups is 1. The van der Waals surface area contributed by atoms with Crippen LogP contribution in [-0.2, 0) is 0 Å². The fraction of sp³-hybridized carbons (Fsp3) is 0.667. The van der Waals surface area contributed by atoms with Crippen LogP contribution in [0.5, 0.6) is 5.95 Å². The van der Waals surface area contributed by atoms with Gasteiger partial charge in [0, 0.05) is 19.2 Å². The zero-order valence-corrected chi connectivity index (χ0v) is 12.4. The highest BCUT2D eigenvalue weighted by Gasteiger charge is 2.20. The first-order chi connectivity index (χ1) is 9.72. The van der Waals surface area contributed by atoms with Gasteiger partial charge in [-0.1, -0.05) is 6.92 Å². The van der Waals surface area contributed by atoms with Crippen LogP contribution in [0.15, 0.2) is 16.5 Å². The first kappa shape index (κ1) is 14.9. The molecule has 0 aliphatic carbocycles. The van der Waals surface area contributed by atoms with Crippen molar-refractivity contribution < 1.29 is 13.9 Å². The van der Waals surface area contributed by atoms with Gasteiger partial charge in [0.15, 0.2) is 5.76 Å². The van der Waals surface area contributed by atoms with Crippen LogP contribution in [-0.4, -0.2) is 43.6 Å². The van der Waals surface area contributed by atoms with Crippen LogP contribution in [0.4, 0.5) is 0 Å². The molecule has 1 aromatic heterocycles. The molecule has 1 aromatic rings. The van der Waals surface area contributed by atoms with E-state index < -0.39 is 0 Å². The second-order valence-corrected chi connectivity index (χ2v) is 5.16. The summed E-state index contributed by atoms with van der Waals surface area (Å²) in [6, 6.07) is 3.33. The number of carbonyl (C=O) groups excluding carboxylic acids is 1. The Morgan fingerprint density at radius 3 is 3.10 bits per heavy atom. The number of furan rings is 1. The Morgan fingerprint density at radius 2 is 2.35 bits per heavy atom. The smallest absolute Gasteiger partial charge is 0.287 e. The molecule has 0 aromatic carbocycles. The number of hydrogen-bond acceptors (Lipinski definition) is 4. The van der Waals surface area contributed by atoms with E-state index in [0.29, 0.717) is 30.8 Å². The van der Waals surface area contributed by atoms with Crippen molar-refractivity contribution in [3.8, 4) is 5.95 Å². The lowest BCUT2D eigenvalue weighted by molar-refractivity contribution is 0.0898. The molecule has 1 saturated heterocycles. The van der Waals surface area contributed by atoms with Crippen LogP contribution in [0.25, 0.3) is 0 Å². The van der Waals surface area contributed by atoms with Gasteiger partial charge in [-0.05, 0) is 44.8 Å². The summed E-state index contributed by atoms with van der Waals surface area (Å²) in [5, 5.41) is 2.95. The van der Waals surface area contributed by atoms with E-state index in [2.05, 4.69) is 17.1 Å². The van der Waals surface area contributed by atoms with E-state index >= 15 is 0 Å². The molecule has 112 valence electrons. The molecule has 2 rings (SSSR count). The van der Waals surface area contributed by atoms with Gasteiger partial charge in [-0.15, -0.1) is 0 Å². The van der Waals surface area contributed by atoms with E-state index in [-0.39, 0.29) is 5.91 Å². The van der Waals surface area contributed by atoms with Gasteiger partial charge in [-0.2, -0.15) is 0 Å². The molecular weight excluding hydrogens is 256 g/mol. The van der Waals surface area contributed by atoms with E-state index in [1.54, 1.807) is 12.1 Å². The minimum Gasteiger partial charge on any atom is -0.465 e. The Morgan fingerprint density at radius 1 is 1.50 bits per heavy atom. The number of nitrogens with one attached hydrogen (secondary N) is 1. The molecule has 5 heteroatoms. The fourth-order valence-corrected chi connectivity index (χ4v) is 2.59. The van der Waals surface area contributed by atoms with Crippen molar-refractivity contribution in [1.29, 1.82) is 0 Å². The SMILES string of the molecule is CCOc1ccc(C(=O)NCC2CCCN(CC)C2)o1. The second kappa shape index (κ2) is 7.33. The van der Waals surface area contributed by atoms with Crippen molar-refractivity contribution >= 4 is 5.91 Å². The Balaban J connectivity index is 1.79. The lowest BCUT2D eigenvalue weighted by atomic mass is 9.98. The fourth-order valence-electron chi connectivity index (χ4n) is 2.59. The first-order valence-electron chi connectivity index (χ1n) is 7.46. The Kier molecular flexibility index (Phi) is 5.47. The maximum absolute atomic E-state index is 12.0. The third-order valence-corrected chi connectivity index (χ3v) is 3.69. The van der Waals surface area contributed by atoms with Crippen molar-refractivity contribution in [1.82, 2.24) is 10.2 Å². The molecule has 1 aliphatic heterocycles. The van der Waals surface area contributed by atoms with Crippen molar-refractivity contribution in [2.24, 2.45) is 5.92 Å². The van der Waals surface area contributed by atoms with Gasteiger partial charge in [-0.25, -0.2) is 0 Å². The lowest BCUT2D eigenvalue weighted by Crippen LogP contribution is -2.40. The maximum atomic E-state index is 12.0. The van der Waals surface area contributed by atoms with E-state index in [1.165, 1.54) is 19.4 Å². The van der Waals surface area contributed by atoms with Crippen LogP contribution in [0.1, 0.15) is 37.2 Å². The molecule has 0 spiro atoms. The normalized spacial score (nSPS) is 19.8. The van der Waals surface area contributed by atoms with Gasteiger partial charge in [0.05, 0.1) is 6.61 Å². The zero-order chi connectivity index (χ0) is 14.4. The molecule has 0 saturated carbocycles. The summed E-state index contributed by atoms with van der Waals surface area (Å²) in [5.74, 6) is 1.09. The highest BCUT2D eigenvalue weighted by molar-refractivity contribution is 5.91. The molecule has 1 aliphatic rings. The number of hydrogen-bond donors (Lipinski definition) is 1. The molecular formula is C15H24N2O3.